The van der Waals surface area contributed by atoms with Crippen LogP contribution in [0.5, 0.6) is 5.75 Å². The van der Waals surface area contributed by atoms with E-state index in [1.54, 1.807) is 0 Å². The Balaban J connectivity index is 1.84. The Labute approximate surface area is 117 Å². The van der Waals surface area contributed by atoms with E-state index in [-0.39, 0.29) is 6.04 Å². The van der Waals surface area contributed by atoms with Crippen molar-refractivity contribution in [2.45, 2.75) is 31.9 Å². The van der Waals surface area contributed by atoms with Crippen molar-refractivity contribution in [3.63, 3.8) is 0 Å². The third kappa shape index (κ3) is 3.11. The lowest BCUT2D eigenvalue weighted by Crippen LogP contribution is -2.21. The van der Waals surface area contributed by atoms with Crippen molar-refractivity contribution < 1.29 is 4.74 Å². The lowest BCUT2D eigenvalue weighted by molar-refractivity contribution is 0.302. The zero-order valence-electron chi connectivity index (χ0n) is 10.9. The average Bonchev–Trinajstić information content (AvgIpc) is 3.07. The monoisotopic (exact) mass is 275 g/mol. The summed E-state index contributed by atoms with van der Waals surface area (Å²) in [5.74, 6) is 0.959. The van der Waals surface area contributed by atoms with Crippen molar-refractivity contribution in [2.75, 3.05) is 6.54 Å². The quantitative estimate of drug-likeness (QED) is 0.880. The number of rotatable bonds is 6. The molecule has 0 amide bonds. The van der Waals surface area contributed by atoms with Crippen molar-refractivity contribution in [3.8, 4) is 5.75 Å². The predicted octanol–water partition coefficient (Wildman–Crippen LogP) is 2.78. The molecule has 2 aromatic rings. The van der Waals surface area contributed by atoms with E-state index in [0.717, 1.165) is 17.2 Å². The Kier molecular flexibility index (Phi) is 3.75. The van der Waals surface area contributed by atoms with Crippen molar-refractivity contribution in [3.05, 3.63) is 40.9 Å². The molecule has 1 aliphatic carbocycles. The van der Waals surface area contributed by atoms with E-state index in [4.69, 9.17) is 4.74 Å². The fourth-order valence-corrected chi connectivity index (χ4v) is 2.64. The summed E-state index contributed by atoms with van der Waals surface area (Å²) in [5.41, 5.74) is 1.20. The number of nitrogens with one attached hydrogen (secondary N) is 1. The molecule has 1 fully saturated rings. The summed E-state index contributed by atoms with van der Waals surface area (Å²) in [7, 11) is 0. The molecule has 4 nitrogen and oxygen atoms in total. The Bertz CT molecular complexity index is 525. The fourth-order valence-electron chi connectivity index (χ4n) is 2.03. The van der Waals surface area contributed by atoms with Gasteiger partial charge in [-0.2, -0.15) is 0 Å². The van der Waals surface area contributed by atoms with Gasteiger partial charge in [0.2, 0.25) is 0 Å². The van der Waals surface area contributed by atoms with Crippen LogP contribution in [-0.2, 0) is 0 Å². The summed E-state index contributed by atoms with van der Waals surface area (Å²) in [6.45, 7) is 3.00. The standard InChI is InChI=1S/C14H17N3OS/c1-2-15-14(13-9-16-17-19-13)10-4-3-5-12(8-10)18-11-6-7-11/h3-5,8-9,11,14-15H,2,6-7H2,1H3. The van der Waals surface area contributed by atoms with Crippen LogP contribution in [0.4, 0.5) is 0 Å². The molecule has 1 unspecified atom stereocenters. The van der Waals surface area contributed by atoms with Crippen LogP contribution >= 0.6 is 11.5 Å². The number of ether oxygens (including phenoxy) is 1. The van der Waals surface area contributed by atoms with Crippen LogP contribution in [0.25, 0.3) is 0 Å². The number of nitrogens with zero attached hydrogens (tertiary/aromatic N) is 2. The van der Waals surface area contributed by atoms with Crippen LogP contribution in [0.3, 0.4) is 0 Å². The SMILES string of the molecule is CCNC(c1cccc(OC2CC2)c1)c1cnns1. The van der Waals surface area contributed by atoms with Gasteiger partial charge in [-0.15, -0.1) is 5.10 Å². The summed E-state index contributed by atoms with van der Waals surface area (Å²) < 4.78 is 9.81. The Morgan fingerprint density at radius 1 is 1.47 bits per heavy atom. The first-order chi connectivity index (χ1) is 9.36. The molecule has 1 heterocycles. The van der Waals surface area contributed by atoms with Gasteiger partial charge in [0.15, 0.2) is 0 Å². The molecule has 19 heavy (non-hydrogen) atoms. The minimum atomic E-state index is 0.146. The number of aromatic nitrogens is 2. The number of hydrogen-bond donors (Lipinski definition) is 1. The first-order valence-corrected chi connectivity index (χ1v) is 7.41. The van der Waals surface area contributed by atoms with Gasteiger partial charge in [-0.3, -0.25) is 0 Å². The molecule has 1 saturated carbocycles. The van der Waals surface area contributed by atoms with E-state index in [1.165, 1.54) is 29.9 Å². The van der Waals surface area contributed by atoms with Crippen molar-refractivity contribution >= 4 is 11.5 Å². The number of benzene rings is 1. The minimum Gasteiger partial charge on any atom is -0.490 e. The Morgan fingerprint density at radius 3 is 3.05 bits per heavy atom. The fraction of sp³-hybridized carbons (Fsp3) is 0.429. The zero-order chi connectivity index (χ0) is 13.1. The largest absolute Gasteiger partial charge is 0.490 e. The highest BCUT2D eigenvalue weighted by Crippen LogP contribution is 2.30. The van der Waals surface area contributed by atoms with Crippen molar-refractivity contribution in [2.24, 2.45) is 0 Å². The summed E-state index contributed by atoms with van der Waals surface area (Å²) >= 11 is 1.43. The van der Waals surface area contributed by atoms with Crippen LogP contribution in [0, 0.1) is 0 Å². The van der Waals surface area contributed by atoms with E-state index in [2.05, 4.69) is 34.0 Å². The van der Waals surface area contributed by atoms with E-state index in [0.29, 0.717) is 6.10 Å². The molecular formula is C14H17N3OS. The van der Waals surface area contributed by atoms with Gasteiger partial charge in [0.05, 0.1) is 23.2 Å². The van der Waals surface area contributed by atoms with Crippen LogP contribution in [0.15, 0.2) is 30.5 Å². The lowest BCUT2D eigenvalue weighted by atomic mass is 10.1. The van der Waals surface area contributed by atoms with E-state index >= 15 is 0 Å². The van der Waals surface area contributed by atoms with Gasteiger partial charge in [-0.1, -0.05) is 23.5 Å². The molecule has 1 aromatic heterocycles. The van der Waals surface area contributed by atoms with Gasteiger partial charge in [0.1, 0.15) is 5.75 Å². The third-order valence-corrected chi connectivity index (χ3v) is 3.82. The van der Waals surface area contributed by atoms with Crippen molar-refractivity contribution in [1.82, 2.24) is 14.9 Å². The van der Waals surface area contributed by atoms with Gasteiger partial charge in [0.25, 0.3) is 0 Å². The second-order valence-electron chi connectivity index (χ2n) is 4.70. The molecular weight excluding hydrogens is 258 g/mol. The van der Waals surface area contributed by atoms with Crippen LogP contribution in [-0.4, -0.2) is 22.2 Å². The molecule has 0 bridgehead atoms. The summed E-state index contributed by atoms with van der Waals surface area (Å²) in [5, 5.41) is 7.40. The summed E-state index contributed by atoms with van der Waals surface area (Å²) in [6, 6.07) is 8.45. The maximum Gasteiger partial charge on any atom is 0.120 e. The van der Waals surface area contributed by atoms with Gasteiger partial charge in [-0.25, -0.2) is 0 Å². The molecule has 100 valence electrons. The molecule has 0 radical (unpaired) electrons. The smallest absolute Gasteiger partial charge is 0.120 e. The Morgan fingerprint density at radius 2 is 2.37 bits per heavy atom. The molecule has 0 aliphatic heterocycles. The van der Waals surface area contributed by atoms with Gasteiger partial charge in [-0.05, 0) is 48.6 Å². The zero-order valence-corrected chi connectivity index (χ0v) is 11.7. The second kappa shape index (κ2) is 5.67. The van der Waals surface area contributed by atoms with E-state index < -0.39 is 0 Å². The second-order valence-corrected chi connectivity index (χ2v) is 5.52. The first-order valence-electron chi connectivity index (χ1n) is 6.64. The molecule has 0 saturated heterocycles. The van der Waals surface area contributed by atoms with Crippen LogP contribution < -0.4 is 10.1 Å². The molecule has 1 N–H and O–H groups in total. The topological polar surface area (TPSA) is 47.0 Å². The normalized spacial score (nSPS) is 16.3. The highest BCUT2D eigenvalue weighted by molar-refractivity contribution is 7.05. The average molecular weight is 275 g/mol. The molecule has 1 aliphatic rings. The van der Waals surface area contributed by atoms with Gasteiger partial charge >= 0.3 is 0 Å². The van der Waals surface area contributed by atoms with Crippen molar-refractivity contribution in [1.29, 1.82) is 0 Å². The molecule has 3 rings (SSSR count). The molecule has 1 aromatic carbocycles. The maximum absolute atomic E-state index is 5.86. The van der Waals surface area contributed by atoms with Crippen LogP contribution in [0.2, 0.25) is 0 Å². The van der Waals surface area contributed by atoms with E-state index in [9.17, 15) is 0 Å². The first kappa shape index (κ1) is 12.6. The lowest BCUT2D eigenvalue weighted by Gasteiger charge is -2.17. The van der Waals surface area contributed by atoms with E-state index in [1.807, 2.05) is 18.3 Å². The van der Waals surface area contributed by atoms with Crippen LogP contribution in [0.1, 0.15) is 36.2 Å². The Hall–Kier alpha value is -1.46. The van der Waals surface area contributed by atoms with Gasteiger partial charge < -0.3 is 10.1 Å². The highest BCUT2D eigenvalue weighted by Gasteiger charge is 2.24. The predicted molar refractivity (Wildman–Crippen MR) is 75.5 cm³/mol. The molecule has 5 heteroatoms. The summed E-state index contributed by atoms with van der Waals surface area (Å²) in [6.07, 6.45) is 4.61. The number of hydrogen-bond acceptors (Lipinski definition) is 5. The summed E-state index contributed by atoms with van der Waals surface area (Å²) in [4.78, 5) is 1.13. The minimum absolute atomic E-state index is 0.146. The third-order valence-electron chi connectivity index (χ3n) is 3.09. The maximum atomic E-state index is 5.86. The van der Waals surface area contributed by atoms with Gasteiger partial charge in [0, 0.05) is 0 Å². The molecule has 0 spiro atoms. The highest BCUT2D eigenvalue weighted by atomic mass is 32.1. The molecule has 1 atom stereocenters.